The molecule has 1 heterocycles. The maximum absolute atomic E-state index is 11.5. The standard InChI is InChI=1S/C11H7Cl2N3O3/c12-8-4-14-11(17)15(6-8)5-7-1-2-9(13)10(3-7)16(18)19/h1-4,6H,5H2. The number of hydrogen-bond donors (Lipinski definition) is 0. The number of nitro groups is 1. The van der Waals surface area contributed by atoms with E-state index < -0.39 is 10.6 Å². The first-order chi connectivity index (χ1) is 8.97. The van der Waals surface area contributed by atoms with Crippen molar-refractivity contribution in [1.29, 1.82) is 0 Å². The Hall–Kier alpha value is -1.92. The second-order valence-corrected chi connectivity index (χ2v) is 4.57. The highest BCUT2D eigenvalue weighted by Crippen LogP contribution is 2.25. The summed E-state index contributed by atoms with van der Waals surface area (Å²) >= 11 is 11.4. The third-order valence-corrected chi connectivity index (χ3v) is 2.90. The summed E-state index contributed by atoms with van der Waals surface area (Å²) in [5.74, 6) is 0. The minimum Gasteiger partial charge on any atom is -0.293 e. The van der Waals surface area contributed by atoms with E-state index in [-0.39, 0.29) is 17.3 Å². The van der Waals surface area contributed by atoms with Crippen LogP contribution in [0.3, 0.4) is 0 Å². The fourth-order valence-corrected chi connectivity index (χ4v) is 1.89. The van der Waals surface area contributed by atoms with Crippen LogP contribution in [0, 0.1) is 10.1 Å². The van der Waals surface area contributed by atoms with Crippen LogP contribution in [0.15, 0.2) is 35.4 Å². The van der Waals surface area contributed by atoms with Crippen LogP contribution in [0.4, 0.5) is 5.69 Å². The van der Waals surface area contributed by atoms with Crippen LogP contribution in [-0.2, 0) is 6.54 Å². The van der Waals surface area contributed by atoms with E-state index in [1.54, 1.807) is 6.07 Å². The predicted octanol–water partition coefficient (Wildman–Crippen LogP) is 2.51. The number of rotatable bonds is 3. The van der Waals surface area contributed by atoms with Crippen LogP contribution in [0.2, 0.25) is 10.0 Å². The summed E-state index contributed by atoms with van der Waals surface area (Å²) in [7, 11) is 0. The van der Waals surface area contributed by atoms with Crippen molar-refractivity contribution in [2.24, 2.45) is 0 Å². The Morgan fingerprint density at radius 3 is 2.79 bits per heavy atom. The zero-order valence-electron chi connectivity index (χ0n) is 9.42. The summed E-state index contributed by atoms with van der Waals surface area (Å²) in [6.07, 6.45) is 2.65. The van der Waals surface area contributed by atoms with Gasteiger partial charge in [0.2, 0.25) is 0 Å². The smallest absolute Gasteiger partial charge is 0.293 e. The minimum atomic E-state index is -0.579. The molecule has 0 saturated carbocycles. The van der Waals surface area contributed by atoms with E-state index in [1.807, 2.05) is 0 Å². The molecule has 0 bridgehead atoms. The van der Waals surface area contributed by atoms with Gasteiger partial charge in [-0.25, -0.2) is 9.78 Å². The van der Waals surface area contributed by atoms with E-state index in [1.165, 1.54) is 29.1 Å². The molecular weight excluding hydrogens is 293 g/mol. The van der Waals surface area contributed by atoms with Gasteiger partial charge in [-0.05, 0) is 11.6 Å². The molecule has 0 saturated heterocycles. The average molecular weight is 300 g/mol. The van der Waals surface area contributed by atoms with E-state index in [0.717, 1.165) is 0 Å². The Kier molecular flexibility index (Phi) is 3.82. The topological polar surface area (TPSA) is 78.0 Å². The highest BCUT2D eigenvalue weighted by atomic mass is 35.5. The Morgan fingerprint density at radius 2 is 2.11 bits per heavy atom. The number of aromatic nitrogens is 2. The molecule has 0 N–H and O–H groups in total. The fourth-order valence-electron chi connectivity index (χ4n) is 1.53. The molecule has 2 rings (SSSR count). The van der Waals surface area contributed by atoms with Crippen molar-refractivity contribution in [1.82, 2.24) is 9.55 Å². The van der Waals surface area contributed by atoms with Gasteiger partial charge in [0.1, 0.15) is 5.02 Å². The molecule has 0 aliphatic rings. The summed E-state index contributed by atoms with van der Waals surface area (Å²) in [6, 6.07) is 4.33. The predicted molar refractivity (Wildman–Crippen MR) is 70.7 cm³/mol. The van der Waals surface area contributed by atoms with Crippen LogP contribution in [0.1, 0.15) is 5.56 Å². The Morgan fingerprint density at radius 1 is 1.37 bits per heavy atom. The van der Waals surface area contributed by atoms with Gasteiger partial charge in [-0.3, -0.25) is 14.7 Å². The maximum atomic E-state index is 11.5. The first kappa shape index (κ1) is 13.5. The second-order valence-electron chi connectivity index (χ2n) is 3.73. The quantitative estimate of drug-likeness (QED) is 0.644. The van der Waals surface area contributed by atoms with Gasteiger partial charge in [-0.1, -0.05) is 29.3 Å². The molecule has 19 heavy (non-hydrogen) atoms. The Labute approximate surface area is 117 Å². The molecule has 0 radical (unpaired) electrons. The third-order valence-electron chi connectivity index (χ3n) is 2.38. The SMILES string of the molecule is O=c1ncc(Cl)cn1Cc1ccc(Cl)c([N+](=O)[O-])c1. The van der Waals surface area contributed by atoms with Crippen LogP contribution in [0.25, 0.3) is 0 Å². The Bertz CT molecular complexity index is 700. The van der Waals surface area contributed by atoms with Gasteiger partial charge < -0.3 is 0 Å². The number of benzene rings is 1. The maximum Gasteiger partial charge on any atom is 0.347 e. The highest BCUT2D eigenvalue weighted by molar-refractivity contribution is 6.32. The molecule has 0 fully saturated rings. The van der Waals surface area contributed by atoms with Gasteiger partial charge in [0.25, 0.3) is 5.69 Å². The lowest BCUT2D eigenvalue weighted by atomic mass is 10.2. The number of hydrogen-bond acceptors (Lipinski definition) is 4. The molecule has 0 spiro atoms. The molecule has 2 aromatic rings. The second kappa shape index (κ2) is 5.38. The molecule has 0 atom stereocenters. The van der Waals surface area contributed by atoms with Crippen LogP contribution in [-0.4, -0.2) is 14.5 Å². The molecule has 8 heteroatoms. The normalized spacial score (nSPS) is 10.4. The van der Waals surface area contributed by atoms with Crippen LogP contribution in [0.5, 0.6) is 0 Å². The fraction of sp³-hybridized carbons (Fsp3) is 0.0909. The summed E-state index contributed by atoms with van der Waals surface area (Å²) < 4.78 is 1.26. The molecule has 0 unspecified atom stereocenters. The minimum absolute atomic E-state index is 0.0466. The zero-order chi connectivity index (χ0) is 14.0. The van der Waals surface area contributed by atoms with Crippen molar-refractivity contribution in [3.05, 3.63) is 66.8 Å². The van der Waals surface area contributed by atoms with Gasteiger partial charge in [-0.2, -0.15) is 0 Å². The lowest BCUT2D eigenvalue weighted by Crippen LogP contribution is -2.22. The molecule has 0 aliphatic heterocycles. The summed E-state index contributed by atoms with van der Waals surface area (Å²) in [4.78, 5) is 25.2. The van der Waals surface area contributed by atoms with Gasteiger partial charge >= 0.3 is 5.69 Å². The van der Waals surface area contributed by atoms with Crippen molar-refractivity contribution in [2.75, 3.05) is 0 Å². The summed E-state index contributed by atoms with van der Waals surface area (Å²) in [5.41, 5.74) is -0.133. The zero-order valence-corrected chi connectivity index (χ0v) is 10.9. The molecule has 0 aliphatic carbocycles. The van der Waals surface area contributed by atoms with Crippen molar-refractivity contribution >= 4 is 28.9 Å². The molecule has 1 aromatic heterocycles. The molecule has 98 valence electrons. The van der Waals surface area contributed by atoms with Crippen molar-refractivity contribution in [2.45, 2.75) is 6.54 Å². The average Bonchev–Trinajstić information content (AvgIpc) is 2.36. The van der Waals surface area contributed by atoms with Crippen LogP contribution < -0.4 is 5.69 Å². The number of nitro benzene ring substituents is 1. The Balaban J connectivity index is 2.39. The third kappa shape index (κ3) is 3.10. The van der Waals surface area contributed by atoms with Crippen LogP contribution >= 0.6 is 23.2 Å². The first-order valence-electron chi connectivity index (χ1n) is 5.12. The number of halogens is 2. The highest BCUT2D eigenvalue weighted by Gasteiger charge is 2.13. The molecule has 6 nitrogen and oxygen atoms in total. The first-order valence-corrected chi connectivity index (χ1v) is 5.88. The lowest BCUT2D eigenvalue weighted by Gasteiger charge is -2.05. The van der Waals surface area contributed by atoms with E-state index >= 15 is 0 Å². The van der Waals surface area contributed by atoms with Gasteiger partial charge in [0, 0.05) is 12.3 Å². The van der Waals surface area contributed by atoms with E-state index in [0.29, 0.717) is 10.6 Å². The van der Waals surface area contributed by atoms with Crippen molar-refractivity contribution in [3.63, 3.8) is 0 Å². The van der Waals surface area contributed by atoms with Gasteiger partial charge in [0.15, 0.2) is 0 Å². The largest absolute Gasteiger partial charge is 0.347 e. The van der Waals surface area contributed by atoms with Gasteiger partial charge in [0.05, 0.1) is 22.7 Å². The summed E-state index contributed by atoms with van der Waals surface area (Å²) in [6.45, 7) is 0.129. The van der Waals surface area contributed by atoms with Crippen molar-refractivity contribution in [3.8, 4) is 0 Å². The molecule has 0 amide bonds. The van der Waals surface area contributed by atoms with E-state index in [4.69, 9.17) is 23.2 Å². The number of nitrogens with zero attached hydrogens (tertiary/aromatic N) is 3. The van der Waals surface area contributed by atoms with Crippen molar-refractivity contribution < 1.29 is 4.92 Å². The summed E-state index contributed by atoms with van der Waals surface area (Å²) in [5, 5.41) is 11.1. The van der Waals surface area contributed by atoms with E-state index in [2.05, 4.69) is 4.98 Å². The monoisotopic (exact) mass is 299 g/mol. The lowest BCUT2D eigenvalue weighted by molar-refractivity contribution is -0.384. The van der Waals surface area contributed by atoms with Gasteiger partial charge in [-0.15, -0.1) is 0 Å². The molecule has 1 aromatic carbocycles. The van der Waals surface area contributed by atoms with E-state index in [9.17, 15) is 14.9 Å². The molecular formula is C11H7Cl2N3O3.